The first-order valence-electron chi connectivity index (χ1n) is 9.99. The van der Waals surface area contributed by atoms with Crippen LogP contribution in [0.5, 0.6) is 11.5 Å². The van der Waals surface area contributed by atoms with E-state index < -0.39 is 0 Å². The van der Waals surface area contributed by atoms with Crippen LogP contribution in [0, 0.1) is 0 Å². The standard InChI is InChI=1S/C24H18ClN3O4/c25-17-10-11-19-21(12-17)31-15-23(29)28(19)13-22-26-24(27-32-22)18-8-4-5-9-20(18)30-14-16-6-2-1-3-7-16/h1-12H,13-15H2. The minimum Gasteiger partial charge on any atom is -0.488 e. The Balaban J connectivity index is 1.37. The van der Waals surface area contributed by atoms with E-state index in [1.807, 2.05) is 54.6 Å². The first-order chi connectivity index (χ1) is 15.7. The Bertz CT molecular complexity index is 1260. The summed E-state index contributed by atoms with van der Waals surface area (Å²) in [5, 5.41) is 4.64. The number of rotatable bonds is 6. The van der Waals surface area contributed by atoms with Crippen molar-refractivity contribution in [3.8, 4) is 22.9 Å². The second kappa shape index (κ2) is 8.72. The summed E-state index contributed by atoms with van der Waals surface area (Å²) in [5.74, 6) is 1.67. The minimum absolute atomic E-state index is 0.0789. The van der Waals surface area contributed by atoms with Gasteiger partial charge >= 0.3 is 0 Å². The number of nitrogens with zero attached hydrogens (tertiary/aromatic N) is 3. The number of hydrogen-bond acceptors (Lipinski definition) is 6. The van der Waals surface area contributed by atoms with Crippen LogP contribution >= 0.6 is 11.6 Å². The number of anilines is 1. The molecule has 4 aromatic rings. The maximum atomic E-state index is 12.5. The summed E-state index contributed by atoms with van der Waals surface area (Å²) >= 11 is 6.04. The van der Waals surface area contributed by atoms with Crippen molar-refractivity contribution in [1.82, 2.24) is 10.1 Å². The molecule has 1 aliphatic heterocycles. The van der Waals surface area contributed by atoms with Gasteiger partial charge in [-0.25, -0.2) is 0 Å². The van der Waals surface area contributed by atoms with E-state index in [1.165, 1.54) is 0 Å². The van der Waals surface area contributed by atoms with E-state index in [9.17, 15) is 4.79 Å². The topological polar surface area (TPSA) is 77.7 Å². The van der Waals surface area contributed by atoms with Gasteiger partial charge in [0.15, 0.2) is 6.61 Å². The number of fused-ring (bicyclic) bond motifs is 1. The highest BCUT2D eigenvalue weighted by molar-refractivity contribution is 6.30. The smallest absolute Gasteiger partial charge is 0.265 e. The van der Waals surface area contributed by atoms with Crippen LogP contribution in [0.4, 0.5) is 5.69 Å². The summed E-state index contributed by atoms with van der Waals surface area (Å²) < 4.78 is 16.9. The van der Waals surface area contributed by atoms with Gasteiger partial charge in [0.2, 0.25) is 11.7 Å². The van der Waals surface area contributed by atoms with Crippen molar-refractivity contribution in [2.24, 2.45) is 0 Å². The third kappa shape index (κ3) is 4.15. The van der Waals surface area contributed by atoms with Crippen molar-refractivity contribution in [2.75, 3.05) is 11.5 Å². The monoisotopic (exact) mass is 447 g/mol. The zero-order valence-electron chi connectivity index (χ0n) is 16.9. The molecule has 3 aromatic carbocycles. The van der Waals surface area contributed by atoms with Gasteiger partial charge in [0.25, 0.3) is 5.91 Å². The molecular formula is C24H18ClN3O4. The van der Waals surface area contributed by atoms with Crippen LogP contribution < -0.4 is 14.4 Å². The Kier molecular flexibility index (Phi) is 5.47. The Hall–Kier alpha value is -3.84. The molecule has 0 fully saturated rings. The fraction of sp³-hybridized carbons (Fsp3) is 0.125. The third-order valence-corrected chi connectivity index (χ3v) is 5.23. The number of carbonyl (C=O) groups is 1. The molecule has 0 radical (unpaired) electrons. The molecule has 5 rings (SSSR count). The summed E-state index contributed by atoms with van der Waals surface area (Å²) in [7, 11) is 0. The van der Waals surface area contributed by atoms with Crippen molar-refractivity contribution >= 4 is 23.2 Å². The maximum absolute atomic E-state index is 12.5. The molecule has 0 saturated heterocycles. The van der Waals surface area contributed by atoms with E-state index in [1.54, 1.807) is 23.1 Å². The lowest BCUT2D eigenvalue weighted by atomic mass is 10.2. The molecular weight excluding hydrogens is 430 g/mol. The molecule has 1 amide bonds. The number of aromatic nitrogens is 2. The summed E-state index contributed by atoms with van der Waals surface area (Å²) in [5.41, 5.74) is 2.37. The quantitative estimate of drug-likeness (QED) is 0.418. The summed E-state index contributed by atoms with van der Waals surface area (Å²) in [4.78, 5) is 18.5. The van der Waals surface area contributed by atoms with Crippen molar-refractivity contribution < 1.29 is 18.8 Å². The van der Waals surface area contributed by atoms with E-state index in [0.717, 1.165) is 5.56 Å². The second-order valence-electron chi connectivity index (χ2n) is 7.16. The summed E-state index contributed by atoms with van der Waals surface area (Å²) in [6.07, 6.45) is 0. The van der Waals surface area contributed by atoms with Gasteiger partial charge in [-0.2, -0.15) is 4.98 Å². The fourth-order valence-electron chi connectivity index (χ4n) is 3.43. The maximum Gasteiger partial charge on any atom is 0.265 e. The molecule has 32 heavy (non-hydrogen) atoms. The van der Waals surface area contributed by atoms with E-state index in [0.29, 0.717) is 46.1 Å². The number of halogens is 1. The van der Waals surface area contributed by atoms with Crippen LogP contribution in [-0.2, 0) is 17.9 Å². The van der Waals surface area contributed by atoms with E-state index in [4.69, 9.17) is 25.6 Å². The first-order valence-corrected chi connectivity index (χ1v) is 10.4. The molecule has 0 spiro atoms. The Morgan fingerprint density at radius 3 is 2.72 bits per heavy atom. The molecule has 8 heteroatoms. The van der Waals surface area contributed by atoms with Gasteiger partial charge in [-0.05, 0) is 29.8 Å². The van der Waals surface area contributed by atoms with Crippen molar-refractivity contribution in [3.05, 3.63) is 89.3 Å². The number of carbonyl (C=O) groups excluding carboxylic acids is 1. The highest BCUT2D eigenvalue weighted by atomic mass is 35.5. The fourth-order valence-corrected chi connectivity index (χ4v) is 3.59. The van der Waals surface area contributed by atoms with Gasteiger partial charge in [0.05, 0.1) is 11.3 Å². The van der Waals surface area contributed by atoms with Gasteiger partial charge < -0.3 is 14.0 Å². The molecule has 2 heterocycles. The van der Waals surface area contributed by atoms with Gasteiger partial charge in [0, 0.05) is 11.1 Å². The average Bonchev–Trinajstić information content (AvgIpc) is 3.29. The van der Waals surface area contributed by atoms with Crippen molar-refractivity contribution in [1.29, 1.82) is 0 Å². The number of para-hydroxylation sites is 1. The first kappa shape index (κ1) is 20.1. The molecule has 1 aliphatic rings. The number of hydrogen-bond donors (Lipinski definition) is 0. The van der Waals surface area contributed by atoms with Crippen LogP contribution in [0.15, 0.2) is 77.3 Å². The van der Waals surface area contributed by atoms with Gasteiger partial charge in [-0.3, -0.25) is 9.69 Å². The van der Waals surface area contributed by atoms with E-state index >= 15 is 0 Å². The lowest BCUT2D eigenvalue weighted by Crippen LogP contribution is -2.38. The predicted octanol–water partition coefficient (Wildman–Crippen LogP) is 4.89. The average molecular weight is 448 g/mol. The van der Waals surface area contributed by atoms with E-state index in [-0.39, 0.29) is 19.1 Å². The molecule has 0 N–H and O–H groups in total. The van der Waals surface area contributed by atoms with E-state index in [2.05, 4.69) is 10.1 Å². The highest BCUT2D eigenvalue weighted by Crippen LogP contribution is 2.35. The summed E-state index contributed by atoms with van der Waals surface area (Å²) in [6, 6.07) is 22.5. The van der Waals surface area contributed by atoms with Gasteiger partial charge in [0.1, 0.15) is 24.7 Å². The molecule has 1 aromatic heterocycles. The molecule has 0 atom stereocenters. The molecule has 0 saturated carbocycles. The normalized spacial score (nSPS) is 12.9. The lowest BCUT2D eigenvalue weighted by Gasteiger charge is -2.28. The summed E-state index contributed by atoms with van der Waals surface area (Å²) in [6.45, 7) is 0.464. The Labute approximate surface area is 189 Å². The molecule has 0 bridgehead atoms. The van der Waals surface area contributed by atoms with Crippen LogP contribution in [0.2, 0.25) is 5.02 Å². The zero-order chi connectivity index (χ0) is 21.9. The third-order valence-electron chi connectivity index (χ3n) is 4.99. The molecule has 0 aliphatic carbocycles. The Morgan fingerprint density at radius 1 is 1.03 bits per heavy atom. The van der Waals surface area contributed by atoms with Crippen LogP contribution in [0.1, 0.15) is 11.5 Å². The van der Waals surface area contributed by atoms with Crippen LogP contribution in [0.3, 0.4) is 0 Å². The molecule has 0 unspecified atom stereocenters. The van der Waals surface area contributed by atoms with Gasteiger partial charge in [-0.15, -0.1) is 0 Å². The SMILES string of the molecule is O=C1COc2cc(Cl)ccc2N1Cc1nc(-c2ccccc2OCc2ccccc2)no1. The van der Waals surface area contributed by atoms with Gasteiger partial charge in [-0.1, -0.05) is 59.2 Å². The van der Waals surface area contributed by atoms with Crippen molar-refractivity contribution in [3.63, 3.8) is 0 Å². The zero-order valence-corrected chi connectivity index (χ0v) is 17.7. The Morgan fingerprint density at radius 2 is 1.84 bits per heavy atom. The second-order valence-corrected chi connectivity index (χ2v) is 7.60. The van der Waals surface area contributed by atoms with Crippen molar-refractivity contribution in [2.45, 2.75) is 13.2 Å². The van der Waals surface area contributed by atoms with Crippen LogP contribution in [0.25, 0.3) is 11.4 Å². The minimum atomic E-state index is -0.203. The molecule has 160 valence electrons. The predicted molar refractivity (Wildman–Crippen MR) is 119 cm³/mol. The highest BCUT2D eigenvalue weighted by Gasteiger charge is 2.28. The number of amides is 1. The van der Waals surface area contributed by atoms with Crippen LogP contribution in [-0.4, -0.2) is 22.7 Å². The molecule has 7 nitrogen and oxygen atoms in total. The number of benzene rings is 3. The largest absolute Gasteiger partial charge is 0.488 e. The lowest BCUT2D eigenvalue weighted by molar-refractivity contribution is -0.121. The number of ether oxygens (including phenoxy) is 2.